The Bertz CT molecular complexity index is 832. The number of fused-ring (bicyclic) bond motifs is 1. The molecule has 0 spiro atoms. The van der Waals surface area contributed by atoms with Crippen LogP contribution < -0.4 is 5.56 Å². The number of hydrogen-bond acceptors (Lipinski definition) is 4. The van der Waals surface area contributed by atoms with Gasteiger partial charge >= 0.3 is 5.97 Å². The predicted octanol–water partition coefficient (Wildman–Crippen LogP) is 1.88. The zero-order chi connectivity index (χ0) is 13.4. The fourth-order valence-corrected chi connectivity index (χ4v) is 1.83. The number of H-pyrrole nitrogens is 1. The largest absolute Gasteiger partial charge is 0.478 e. The monoisotopic (exact) mass is 256 g/mol. The zero-order valence-corrected chi connectivity index (χ0v) is 9.58. The summed E-state index contributed by atoms with van der Waals surface area (Å²) in [6.45, 7) is 0. The van der Waals surface area contributed by atoms with Gasteiger partial charge in [-0.05, 0) is 24.3 Å². The summed E-state index contributed by atoms with van der Waals surface area (Å²) in [6.07, 6.45) is 1.50. The second kappa shape index (κ2) is 4.09. The molecule has 2 N–H and O–H groups in total. The maximum absolute atomic E-state index is 11.6. The second-order valence-electron chi connectivity index (χ2n) is 3.89. The Morgan fingerprint density at radius 2 is 2.11 bits per heavy atom. The van der Waals surface area contributed by atoms with Crippen LogP contribution in [-0.4, -0.2) is 21.0 Å². The Balaban J connectivity index is 2.29. The lowest BCUT2D eigenvalue weighted by Gasteiger charge is -1.92. The zero-order valence-electron chi connectivity index (χ0n) is 9.58. The average molecular weight is 256 g/mol. The van der Waals surface area contributed by atoms with E-state index >= 15 is 0 Å². The smallest absolute Gasteiger partial charge is 0.338 e. The van der Waals surface area contributed by atoms with Gasteiger partial charge in [0.25, 0.3) is 5.56 Å². The number of benzene rings is 1. The van der Waals surface area contributed by atoms with Crippen LogP contribution in [0.2, 0.25) is 0 Å². The van der Waals surface area contributed by atoms with Crippen molar-refractivity contribution >= 4 is 17.1 Å². The maximum atomic E-state index is 11.6. The van der Waals surface area contributed by atoms with Gasteiger partial charge in [0.05, 0.1) is 5.56 Å². The SMILES string of the molecule is O=C(O)c1cccc2oc(-c3ccc[nH]c3=O)nc12. The number of aromatic nitrogens is 2. The standard InChI is InChI=1S/C13H8N2O4/c16-11-8(4-2-6-14-11)12-15-10-7(13(17)18)3-1-5-9(10)19-12/h1-6H,(H,14,16)(H,17,18). The second-order valence-corrected chi connectivity index (χ2v) is 3.89. The molecule has 0 unspecified atom stereocenters. The van der Waals surface area contributed by atoms with E-state index in [-0.39, 0.29) is 28.1 Å². The summed E-state index contributed by atoms with van der Waals surface area (Å²) >= 11 is 0. The number of aromatic amines is 1. The van der Waals surface area contributed by atoms with Crippen molar-refractivity contribution in [1.29, 1.82) is 0 Å². The van der Waals surface area contributed by atoms with Crippen LogP contribution >= 0.6 is 0 Å². The number of nitrogens with zero attached hydrogens (tertiary/aromatic N) is 1. The van der Waals surface area contributed by atoms with Gasteiger partial charge in [-0.3, -0.25) is 4.79 Å². The van der Waals surface area contributed by atoms with Crippen LogP contribution in [0.1, 0.15) is 10.4 Å². The molecule has 0 aliphatic carbocycles. The van der Waals surface area contributed by atoms with Crippen molar-refractivity contribution in [3.8, 4) is 11.5 Å². The molecule has 2 aromatic heterocycles. The summed E-state index contributed by atoms with van der Waals surface area (Å²) in [4.78, 5) is 29.3. The fraction of sp³-hybridized carbons (Fsp3) is 0. The molecule has 3 aromatic rings. The quantitative estimate of drug-likeness (QED) is 0.729. The van der Waals surface area contributed by atoms with E-state index < -0.39 is 5.97 Å². The number of para-hydroxylation sites is 1. The molecule has 0 fully saturated rings. The number of hydrogen-bond donors (Lipinski definition) is 2. The minimum atomic E-state index is -1.09. The van der Waals surface area contributed by atoms with Crippen molar-refractivity contribution < 1.29 is 14.3 Å². The predicted molar refractivity (Wildman–Crippen MR) is 67.0 cm³/mol. The van der Waals surface area contributed by atoms with Crippen LogP contribution in [0.4, 0.5) is 0 Å². The van der Waals surface area contributed by atoms with Gasteiger partial charge in [-0.25, -0.2) is 9.78 Å². The molecule has 0 saturated heterocycles. The lowest BCUT2D eigenvalue weighted by Crippen LogP contribution is -2.06. The first-order valence-electron chi connectivity index (χ1n) is 5.48. The highest BCUT2D eigenvalue weighted by Gasteiger charge is 2.16. The summed E-state index contributed by atoms with van der Waals surface area (Å²) in [5.41, 5.74) is 0.521. The number of aromatic carboxylic acids is 1. The van der Waals surface area contributed by atoms with Crippen LogP contribution in [0.3, 0.4) is 0 Å². The van der Waals surface area contributed by atoms with Crippen molar-refractivity contribution in [2.75, 3.05) is 0 Å². The first kappa shape index (κ1) is 11.2. The number of oxazole rings is 1. The summed E-state index contributed by atoms with van der Waals surface area (Å²) in [5, 5.41) is 9.07. The average Bonchev–Trinajstić information content (AvgIpc) is 2.82. The van der Waals surface area contributed by atoms with E-state index in [2.05, 4.69) is 9.97 Å². The van der Waals surface area contributed by atoms with Gasteiger partial charge < -0.3 is 14.5 Å². The topological polar surface area (TPSA) is 96.2 Å². The molecular formula is C13H8N2O4. The number of carboxylic acids is 1. The van der Waals surface area contributed by atoms with Crippen molar-refractivity contribution in [3.05, 3.63) is 52.4 Å². The molecule has 2 heterocycles. The van der Waals surface area contributed by atoms with E-state index in [9.17, 15) is 9.59 Å². The van der Waals surface area contributed by atoms with E-state index in [0.29, 0.717) is 5.58 Å². The molecular weight excluding hydrogens is 248 g/mol. The molecule has 0 atom stereocenters. The molecule has 94 valence electrons. The normalized spacial score (nSPS) is 10.7. The van der Waals surface area contributed by atoms with E-state index in [4.69, 9.17) is 9.52 Å². The van der Waals surface area contributed by atoms with Gasteiger partial charge in [0, 0.05) is 6.20 Å². The molecule has 0 radical (unpaired) electrons. The summed E-state index contributed by atoms with van der Waals surface area (Å²) in [5.74, 6) is -0.988. The first-order chi connectivity index (χ1) is 9.16. The van der Waals surface area contributed by atoms with Crippen molar-refractivity contribution in [2.45, 2.75) is 0 Å². The minimum Gasteiger partial charge on any atom is -0.478 e. The molecule has 6 heteroatoms. The molecule has 6 nitrogen and oxygen atoms in total. The van der Waals surface area contributed by atoms with Crippen LogP contribution in [0.25, 0.3) is 22.6 Å². The Kier molecular flexibility index (Phi) is 2.42. The van der Waals surface area contributed by atoms with Crippen molar-refractivity contribution in [3.63, 3.8) is 0 Å². The van der Waals surface area contributed by atoms with E-state index in [1.54, 1.807) is 24.3 Å². The highest BCUT2D eigenvalue weighted by atomic mass is 16.4. The molecule has 0 saturated carbocycles. The summed E-state index contributed by atoms with van der Waals surface area (Å²) < 4.78 is 5.43. The van der Waals surface area contributed by atoms with Gasteiger partial charge in [-0.1, -0.05) is 6.07 Å². The molecule has 0 aliphatic rings. The molecule has 19 heavy (non-hydrogen) atoms. The minimum absolute atomic E-state index is 0.0415. The Morgan fingerprint density at radius 3 is 2.84 bits per heavy atom. The molecule has 1 aromatic carbocycles. The van der Waals surface area contributed by atoms with Gasteiger partial charge in [-0.15, -0.1) is 0 Å². The Morgan fingerprint density at radius 1 is 1.26 bits per heavy atom. The van der Waals surface area contributed by atoms with Crippen LogP contribution in [0, 0.1) is 0 Å². The van der Waals surface area contributed by atoms with Crippen molar-refractivity contribution in [2.24, 2.45) is 0 Å². The lowest BCUT2D eigenvalue weighted by atomic mass is 10.2. The van der Waals surface area contributed by atoms with Crippen LogP contribution in [0.15, 0.2) is 45.7 Å². The van der Waals surface area contributed by atoms with E-state index in [0.717, 1.165) is 0 Å². The van der Waals surface area contributed by atoms with Crippen LogP contribution in [-0.2, 0) is 0 Å². The third kappa shape index (κ3) is 1.79. The van der Waals surface area contributed by atoms with Gasteiger partial charge in [0.1, 0.15) is 11.1 Å². The van der Waals surface area contributed by atoms with Crippen LogP contribution in [0.5, 0.6) is 0 Å². The lowest BCUT2D eigenvalue weighted by molar-refractivity contribution is 0.0699. The Hall–Kier alpha value is -2.89. The molecule has 0 aliphatic heterocycles. The maximum Gasteiger partial charge on any atom is 0.338 e. The van der Waals surface area contributed by atoms with E-state index in [1.807, 2.05) is 0 Å². The first-order valence-corrected chi connectivity index (χ1v) is 5.48. The number of rotatable bonds is 2. The third-order valence-electron chi connectivity index (χ3n) is 2.70. The summed E-state index contributed by atoms with van der Waals surface area (Å²) in [7, 11) is 0. The van der Waals surface area contributed by atoms with Gasteiger partial charge in [0.15, 0.2) is 5.58 Å². The van der Waals surface area contributed by atoms with Gasteiger partial charge in [0.2, 0.25) is 5.89 Å². The molecule has 3 rings (SSSR count). The molecule has 0 bridgehead atoms. The van der Waals surface area contributed by atoms with E-state index in [1.165, 1.54) is 12.3 Å². The summed E-state index contributed by atoms with van der Waals surface area (Å²) in [6, 6.07) is 7.81. The third-order valence-corrected chi connectivity index (χ3v) is 2.70. The number of nitrogens with one attached hydrogen (secondary N) is 1. The number of pyridine rings is 1. The number of carbonyl (C=O) groups is 1. The fourth-order valence-electron chi connectivity index (χ4n) is 1.83. The number of carboxylic acid groups (broad SMARTS) is 1. The Labute approximate surface area is 106 Å². The highest BCUT2D eigenvalue weighted by molar-refractivity contribution is 6.00. The highest BCUT2D eigenvalue weighted by Crippen LogP contribution is 2.24. The molecule has 0 amide bonds. The van der Waals surface area contributed by atoms with Gasteiger partial charge in [-0.2, -0.15) is 0 Å². The van der Waals surface area contributed by atoms with Crippen molar-refractivity contribution in [1.82, 2.24) is 9.97 Å².